The molecule has 0 saturated heterocycles. The van der Waals surface area contributed by atoms with E-state index in [4.69, 9.17) is 0 Å². The molecule has 0 spiro atoms. The molecule has 0 nitrogen and oxygen atoms in total. The fraction of sp³-hybridized carbons (Fsp3) is 0.396. The Morgan fingerprint density at radius 2 is 1.17 bits per heavy atom. The minimum absolute atomic E-state index is 0.0264. The molecule has 0 N–H and O–H groups in total. The van der Waals surface area contributed by atoms with Crippen molar-refractivity contribution in [2.24, 2.45) is 0 Å². The average Bonchev–Trinajstić information content (AvgIpc) is 3.69. The summed E-state index contributed by atoms with van der Waals surface area (Å²) in [6.45, 7) is 27.8. The van der Waals surface area contributed by atoms with Crippen LogP contribution in [0.4, 0.5) is 13.2 Å². The average molecular weight is 780 g/mol. The second-order valence-electron chi connectivity index (χ2n) is 19.0. The van der Waals surface area contributed by atoms with E-state index in [1.165, 1.54) is 63.2 Å². The molecule has 6 rings (SSSR count). The van der Waals surface area contributed by atoms with Crippen LogP contribution in [-0.4, -0.2) is 3.21 Å². The van der Waals surface area contributed by atoms with Crippen molar-refractivity contribution in [2.45, 2.75) is 124 Å². The monoisotopic (exact) mass is 778 g/mol. The van der Waals surface area contributed by atoms with Gasteiger partial charge in [0.2, 0.25) is 0 Å². The zero-order valence-electron chi connectivity index (χ0n) is 33.2. The minimum atomic E-state index is -4.43. The van der Waals surface area contributed by atoms with Gasteiger partial charge in [-0.05, 0) is 0 Å². The number of hydrogen-bond acceptors (Lipinski definition) is 0. The molecular formula is C48H55F3Zr. The summed E-state index contributed by atoms with van der Waals surface area (Å²) in [6.07, 6.45) is 3.92. The van der Waals surface area contributed by atoms with E-state index in [-0.39, 0.29) is 21.7 Å². The van der Waals surface area contributed by atoms with Crippen LogP contribution in [0.25, 0.3) is 11.1 Å². The zero-order chi connectivity index (χ0) is 38.2. The third-order valence-corrected chi connectivity index (χ3v) is 18.4. The molecule has 0 heterocycles. The summed E-state index contributed by atoms with van der Waals surface area (Å²) in [5, 5.41) is 0. The quantitative estimate of drug-likeness (QED) is 0.170. The summed E-state index contributed by atoms with van der Waals surface area (Å²) in [5.74, 6) is 0. The predicted octanol–water partition coefficient (Wildman–Crippen LogP) is 12.8. The van der Waals surface area contributed by atoms with Crippen LogP contribution < -0.4 is 3.27 Å². The molecule has 272 valence electrons. The molecule has 0 fully saturated rings. The van der Waals surface area contributed by atoms with Crippen molar-refractivity contribution in [2.75, 3.05) is 0 Å². The number of rotatable bonds is 4. The van der Waals surface area contributed by atoms with Gasteiger partial charge in [0.05, 0.1) is 0 Å². The number of halogens is 3. The Labute approximate surface area is 318 Å². The van der Waals surface area contributed by atoms with Gasteiger partial charge in [0, 0.05) is 0 Å². The summed E-state index contributed by atoms with van der Waals surface area (Å²) < 4.78 is 47.2. The first kappa shape index (κ1) is 38.6. The summed E-state index contributed by atoms with van der Waals surface area (Å²) in [6, 6.07) is 23.9. The summed E-state index contributed by atoms with van der Waals surface area (Å²) >= 11 is -3.35. The Balaban J connectivity index is 1.86. The molecule has 0 radical (unpaired) electrons. The molecule has 0 amide bonds. The van der Waals surface area contributed by atoms with Gasteiger partial charge in [-0.25, -0.2) is 0 Å². The van der Waals surface area contributed by atoms with Gasteiger partial charge in [-0.2, -0.15) is 0 Å². The Hall–Kier alpha value is -3.10. The first-order valence-electron chi connectivity index (χ1n) is 18.7. The Morgan fingerprint density at radius 3 is 1.71 bits per heavy atom. The molecule has 0 unspecified atom stereocenters. The first-order chi connectivity index (χ1) is 24.0. The van der Waals surface area contributed by atoms with Crippen LogP contribution in [-0.2, 0) is 55.5 Å². The molecule has 4 aromatic rings. The first-order valence-corrected chi connectivity index (χ1v) is 22.4. The summed E-state index contributed by atoms with van der Waals surface area (Å²) in [7, 11) is 0. The van der Waals surface area contributed by atoms with E-state index in [1.54, 1.807) is 6.07 Å². The van der Waals surface area contributed by atoms with Crippen LogP contribution in [0, 0.1) is 0 Å². The fourth-order valence-electron chi connectivity index (χ4n) is 8.26. The molecule has 4 heteroatoms. The van der Waals surface area contributed by atoms with E-state index in [9.17, 15) is 13.2 Å². The van der Waals surface area contributed by atoms with E-state index >= 15 is 0 Å². The normalized spacial score (nSPS) is 15.4. The van der Waals surface area contributed by atoms with Crippen LogP contribution in [0.15, 0.2) is 94.3 Å². The SMILES string of the molecule is CC(C)(C)c1cc2c(cc1C(C)(C)C)-c1cc(C(C)(C)C)c(C(C)(C)C)[c](/[Zr]([C]3=CC=CC3)=[C](/c3ccccc3)c3cccc(C(F)(F)F)c3)c1C2. The number of hydrogen-bond donors (Lipinski definition) is 0. The van der Waals surface area contributed by atoms with Crippen LogP contribution in [0.1, 0.15) is 140 Å². The number of fused-ring (bicyclic) bond motifs is 3. The van der Waals surface area contributed by atoms with Gasteiger partial charge in [0.1, 0.15) is 0 Å². The molecule has 2 aliphatic carbocycles. The Bertz CT molecular complexity index is 2130. The Morgan fingerprint density at radius 1 is 0.596 bits per heavy atom. The molecule has 2 aliphatic rings. The predicted molar refractivity (Wildman–Crippen MR) is 212 cm³/mol. The van der Waals surface area contributed by atoms with Crippen LogP contribution in [0.5, 0.6) is 0 Å². The number of benzene rings is 4. The van der Waals surface area contributed by atoms with Gasteiger partial charge in [-0.3, -0.25) is 0 Å². The number of alkyl halides is 3. The van der Waals surface area contributed by atoms with Crippen molar-refractivity contribution >= 4 is 6.48 Å². The maximum atomic E-state index is 14.4. The van der Waals surface area contributed by atoms with E-state index < -0.39 is 33.0 Å². The van der Waals surface area contributed by atoms with Gasteiger partial charge in [0.25, 0.3) is 0 Å². The molecule has 52 heavy (non-hydrogen) atoms. The van der Waals surface area contributed by atoms with Crippen molar-refractivity contribution in [3.8, 4) is 11.1 Å². The molecule has 0 atom stereocenters. The van der Waals surface area contributed by atoms with Gasteiger partial charge in [0.15, 0.2) is 0 Å². The van der Waals surface area contributed by atoms with Crippen molar-refractivity contribution in [3.63, 3.8) is 0 Å². The summed E-state index contributed by atoms with van der Waals surface area (Å²) in [5.41, 5.74) is 11.6. The molecule has 0 bridgehead atoms. The maximum absolute atomic E-state index is 14.4. The van der Waals surface area contributed by atoms with Gasteiger partial charge < -0.3 is 0 Å². The third kappa shape index (κ3) is 7.36. The topological polar surface area (TPSA) is 0 Å². The van der Waals surface area contributed by atoms with Crippen LogP contribution in [0.2, 0.25) is 0 Å². The van der Waals surface area contributed by atoms with E-state index in [0.29, 0.717) is 5.56 Å². The molecule has 0 aromatic heterocycles. The standard InChI is InChI=1S/C29H41.C14H9F3.C5H5.Zr/c1-26(2,3)22-14-18-13-19-15-23(27(4,5)6)25(29(10,11)12)17-21(19)20(18)16-24(22)28(7,8)9;15-14(16,17)13-8-4-7-12(10-13)9-11-5-2-1-3-6-11;1-2-4-5-3-1;/h14,16-17H,13H2,1-12H3;1-8,10H;1-3H,4H2;. The van der Waals surface area contributed by atoms with Gasteiger partial charge in [-0.1, -0.05) is 0 Å². The van der Waals surface area contributed by atoms with Crippen molar-refractivity contribution in [1.82, 2.24) is 0 Å². The van der Waals surface area contributed by atoms with Crippen LogP contribution >= 0.6 is 0 Å². The van der Waals surface area contributed by atoms with E-state index in [1.807, 2.05) is 24.3 Å². The second-order valence-corrected chi connectivity index (χ2v) is 24.8. The van der Waals surface area contributed by atoms with E-state index in [0.717, 1.165) is 21.6 Å². The second kappa shape index (κ2) is 13.3. The molecule has 4 aromatic carbocycles. The van der Waals surface area contributed by atoms with Crippen molar-refractivity contribution < 1.29 is 34.4 Å². The van der Waals surface area contributed by atoms with E-state index in [2.05, 4.69) is 132 Å². The fourth-order valence-corrected chi connectivity index (χ4v) is 17.3. The van der Waals surface area contributed by atoms with Crippen molar-refractivity contribution in [1.29, 1.82) is 0 Å². The van der Waals surface area contributed by atoms with Gasteiger partial charge in [-0.15, -0.1) is 0 Å². The molecular weight excluding hydrogens is 725 g/mol. The third-order valence-electron chi connectivity index (χ3n) is 10.6. The summed E-state index contributed by atoms with van der Waals surface area (Å²) in [4.78, 5) is 0. The molecule has 0 aliphatic heterocycles. The Kier molecular flexibility index (Phi) is 9.90. The number of allylic oxidation sites excluding steroid dienone is 4. The molecule has 0 saturated carbocycles. The van der Waals surface area contributed by atoms with Crippen LogP contribution in [0.3, 0.4) is 0 Å². The van der Waals surface area contributed by atoms with Gasteiger partial charge >= 0.3 is 320 Å². The van der Waals surface area contributed by atoms with Crippen molar-refractivity contribution in [3.05, 3.63) is 144 Å². The zero-order valence-corrected chi connectivity index (χ0v) is 35.7.